The zero-order valence-electron chi connectivity index (χ0n) is 23.8. The lowest BCUT2D eigenvalue weighted by atomic mass is 9.74. The van der Waals surface area contributed by atoms with E-state index in [0.29, 0.717) is 17.4 Å². The lowest BCUT2D eigenvalue weighted by molar-refractivity contribution is -0.144. The molecule has 0 radical (unpaired) electrons. The molecule has 5 aliphatic rings. The third-order valence-electron chi connectivity index (χ3n) is 10.1. The molecule has 2 N–H and O–H groups in total. The Morgan fingerprint density at radius 3 is 2.48 bits per heavy atom. The van der Waals surface area contributed by atoms with Gasteiger partial charge in [-0.15, -0.1) is 0 Å². The molecule has 2 bridgehead atoms. The normalized spacial score (nSPS) is 35.6. The zero-order valence-corrected chi connectivity index (χ0v) is 23.8. The van der Waals surface area contributed by atoms with Gasteiger partial charge in [0, 0.05) is 23.8 Å². The quantitative estimate of drug-likeness (QED) is 0.506. The van der Waals surface area contributed by atoms with E-state index in [2.05, 4.69) is 17.6 Å². The Kier molecular flexibility index (Phi) is 7.64. The molecule has 1 spiro atoms. The van der Waals surface area contributed by atoms with Gasteiger partial charge in [0.25, 0.3) is 0 Å². The van der Waals surface area contributed by atoms with Crippen LogP contribution in [0.1, 0.15) is 77.6 Å². The first kappa shape index (κ1) is 27.3. The highest BCUT2D eigenvalue weighted by Gasteiger charge is 2.73. The first-order valence-corrected chi connectivity index (χ1v) is 15.4. The second-order valence-electron chi connectivity index (χ2n) is 12.5. The van der Waals surface area contributed by atoms with Gasteiger partial charge in [-0.25, -0.2) is 0 Å². The summed E-state index contributed by atoms with van der Waals surface area (Å²) in [6.07, 6.45) is 15.0. The molecule has 0 unspecified atom stereocenters. The topological polar surface area (TPSA) is 97.0 Å². The molecular weight excluding hydrogens is 506 g/mol. The molecule has 8 nitrogen and oxygen atoms in total. The molecule has 8 heteroatoms. The molecule has 216 valence electrons. The van der Waals surface area contributed by atoms with E-state index in [1.54, 1.807) is 19.2 Å². The van der Waals surface area contributed by atoms with E-state index in [-0.39, 0.29) is 29.8 Å². The Morgan fingerprint density at radius 2 is 1.73 bits per heavy atom. The van der Waals surface area contributed by atoms with Crippen molar-refractivity contribution < 1.29 is 23.9 Å². The first-order valence-electron chi connectivity index (χ1n) is 15.4. The maximum atomic E-state index is 14.4. The van der Waals surface area contributed by atoms with Crippen LogP contribution in [0.3, 0.4) is 0 Å². The van der Waals surface area contributed by atoms with Crippen molar-refractivity contribution in [2.24, 2.45) is 17.8 Å². The largest absolute Gasteiger partial charge is 0.497 e. The second-order valence-corrected chi connectivity index (χ2v) is 12.5. The summed E-state index contributed by atoms with van der Waals surface area (Å²) in [5.41, 5.74) is -0.518. The molecule has 3 aliphatic heterocycles. The predicted molar refractivity (Wildman–Crippen MR) is 152 cm³/mol. The van der Waals surface area contributed by atoms with Crippen molar-refractivity contribution in [2.45, 2.75) is 107 Å². The highest BCUT2D eigenvalue weighted by Crippen LogP contribution is 2.56. The zero-order chi connectivity index (χ0) is 27.9. The third kappa shape index (κ3) is 4.72. The number of hydrogen-bond donors (Lipinski definition) is 2. The maximum absolute atomic E-state index is 14.4. The highest BCUT2D eigenvalue weighted by atomic mass is 16.5. The number of nitrogens with zero attached hydrogens (tertiary/aromatic N) is 1. The Labute approximate surface area is 237 Å². The molecule has 3 heterocycles. The summed E-state index contributed by atoms with van der Waals surface area (Å²) in [5, 5.41) is 6.35. The van der Waals surface area contributed by atoms with Crippen LogP contribution >= 0.6 is 0 Å². The summed E-state index contributed by atoms with van der Waals surface area (Å²) in [6.45, 7) is 2.20. The van der Waals surface area contributed by atoms with E-state index in [9.17, 15) is 14.4 Å². The number of fused-ring (bicyclic) bond motifs is 1. The van der Waals surface area contributed by atoms with E-state index in [4.69, 9.17) is 9.47 Å². The summed E-state index contributed by atoms with van der Waals surface area (Å²) >= 11 is 0. The molecule has 2 aliphatic carbocycles. The monoisotopic (exact) mass is 549 g/mol. The molecule has 0 aromatic heterocycles. The molecule has 4 fully saturated rings. The average Bonchev–Trinajstić information content (AvgIpc) is 3.57. The predicted octanol–water partition coefficient (Wildman–Crippen LogP) is 4.59. The van der Waals surface area contributed by atoms with Crippen LogP contribution in [0.15, 0.2) is 36.4 Å². The molecule has 1 aromatic carbocycles. The number of anilines is 1. The van der Waals surface area contributed by atoms with E-state index >= 15 is 0 Å². The number of nitrogens with one attached hydrogen (secondary N) is 2. The van der Waals surface area contributed by atoms with Crippen LogP contribution in [0.4, 0.5) is 5.69 Å². The Balaban J connectivity index is 1.32. The smallest absolute Gasteiger partial charge is 0.246 e. The minimum Gasteiger partial charge on any atom is -0.497 e. The molecule has 3 amide bonds. The van der Waals surface area contributed by atoms with Crippen LogP contribution in [0, 0.1) is 17.8 Å². The molecule has 40 heavy (non-hydrogen) atoms. The number of hydrogen-bond acceptors (Lipinski definition) is 5. The van der Waals surface area contributed by atoms with Crippen LogP contribution < -0.4 is 15.4 Å². The van der Waals surface area contributed by atoms with Gasteiger partial charge in [-0.3, -0.25) is 14.4 Å². The number of ether oxygens (including phenoxy) is 2. The van der Waals surface area contributed by atoms with Gasteiger partial charge in [0.2, 0.25) is 17.7 Å². The Hall–Kier alpha value is -2.87. The van der Waals surface area contributed by atoms with Gasteiger partial charge < -0.3 is 25.0 Å². The van der Waals surface area contributed by atoms with Gasteiger partial charge in [0.15, 0.2) is 0 Å². The summed E-state index contributed by atoms with van der Waals surface area (Å²) < 4.78 is 11.9. The van der Waals surface area contributed by atoms with Gasteiger partial charge in [0.05, 0.1) is 25.0 Å². The highest BCUT2D eigenvalue weighted by molar-refractivity contribution is 6.03. The van der Waals surface area contributed by atoms with Crippen LogP contribution in [-0.4, -0.2) is 59.6 Å². The molecule has 2 saturated carbocycles. The second kappa shape index (κ2) is 11.2. The number of amides is 3. The van der Waals surface area contributed by atoms with Crippen molar-refractivity contribution >= 4 is 23.4 Å². The van der Waals surface area contributed by atoms with Gasteiger partial charge in [-0.1, -0.05) is 70.1 Å². The van der Waals surface area contributed by atoms with E-state index in [1.165, 1.54) is 12.8 Å². The minimum absolute atomic E-state index is 0.0227. The number of methoxy groups -OCH3 is 1. The van der Waals surface area contributed by atoms with Crippen molar-refractivity contribution in [3.63, 3.8) is 0 Å². The molecule has 6 rings (SSSR count). The van der Waals surface area contributed by atoms with Gasteiger partial charge in [-0.2, -0.15) is 0 Å². The average molecular weight is 550 g/mol. The van der Waals surface area contributed by atoms with Crippen molar-refractivity contribution in [2.75, 3.05) is 12.4 Å². The Bertz CT molecular complexity index is 1160. The molecular formula is C32H43N3O5. The van der Waals surface area contributed by atoms with Crippen LogP contribution in [0.5, 0.6) is 5.75 Å². The van der Waals surface area contributed by atoms with Crippen LogP contribution in [-0.2, 0) is 19.1 Å². The lowest BCUT2D eigenvalue weighted by Crippen LogP contribution is -2.59. The number of rotatable bonds is 6. The van der Waals surface area contributed by atoms with Gasteiger partial charge in [0.1, 0.15) is 17.4 Å². The number of likely N-dealkylation sites (tertiary alicyclic amines) is 1. The molecule has 7 atom stereocenters. The van der Waals surface area contributed by atoms with E-state index in [0.717, 1.165) is 57.8 Å². The van der Waals surface area contributed by atoms with E-state index in [1.807, 2.05) is 29.2 Å². The summed E-state index contributed by atoms with van der Waals surface area (Å²) in [5.74, 6) is -0.891. The number of carbonyl (C=O) groups is 3. The maximum Gasteiger partial charge on any atom is 0.246 e. The SMILES string of the molecule is COc1cccc(NC(=O)[C@H]2[C@H]3C=C[C@@]4(O3)[C@H]2C(=O)N(C2CCCCCCC2)[C@@H]4C(=O)N[C@H]2CCCC[C@@H]2C)c1. The summed E-state index contributed by atoms with van der Waals surface area (Å²) in [6, 6.07) is 6.51. The third-order valence-corrected chi connectivity index (χ3v) is 10.1. The van der Waals surface area contributed by atoms with Crippen LogP contribution in [0.25, 0.3) is 0 Å². The van der Waals surface area contributed by atoms with E-state index < -0.39 is 29.6 Å². The van der Waals surface area contributed by atoms with Crippen molar-refractivity contribution in [3.8, 4) is 5.75 Å². The fourth-order valence-corrected chi connectivity index (χ4v) is 8.03. The summed E-state index contributed by atoms with van der Waals surface area (Å²) in [4.78, 5) is 44.3. The number of benzene rings is 1. The molecule has 2 saturated heterocycles. The molecule has 1 aromatic rings. The first-order chi connectivity index (χ1) is 19.4. The van der Waals surface area contributed by atoms with Crippen molar-refractivity contribution in [1.29, 1.82) is 0 Å². The van der Waals surface area contributed by atoms with Crippen molar-refractivity contribution in [3.05, 3.63) is 36.4 Å². The lowest BCUT2D eigenvalue weighted by Gasteiger charge is -2.39. The Morgan fingerprint density at radius 1 is 1.00 bits per heavy atom. The number of carbonyl (C=O) groups excluding carboxylic acids is 3. The van der Waals surface area contributed by atoms with Gasteiger partial charge in [-0.05, 0) is 43.7 Å². The fourth-order valence-electron chi connectivity index (χ4n) is 8.03. The minimum atomic E-state index is -1.12. The standard InChI is InChI=1S/C32H43N3O5/c1-20-11-8-9-16-24(20)34-30(37)28-32-18-17-25(40-32)26(29(36)33-21-12-10-15-23(19-21)39-2)27(32)31(38)35(28)22-13-6-4-3-5-7-14-22/h10,12,15,17-20,22,24-28H,3-9,11,13-14,16H2,1-2H3,(H,33,36)(H,34,37)/t20-,24-,25+,26-,27+,28+,32+/m0/s1. The fraction of sp³-hybridized carbons (Fsp3) is 0.656. The van der Waals surface area contributed by atoms with Gasteiger partial charge >= 0.3 is 0 Å². The van der Waals surface area contributed by atoms with Crippen LogP contribution in [0.2, 0.25) is 0 Å². The van der Waals surface area contributed by atoms with Crippen molar-refractivity contribution in [1.82, 2.24) is 10.2 Å². The summed E-state index contributed by atoms with van der Waals surface area (Å²) in [7, 11) is 1.58.